The predicted octanol–water partition coefficient (Wildman–Crippen LogP) is 5.74. The quantitative estimate of drug-likeness (QED) is 0.285. The summed E-state index contributed by atoms with van der Waals surface area (Å²) in [6.07, 6.45) is -0.00372. The van der Waals surface area contributed by atoms with Gasteiger partial charge in [-0.15, -0.1) is 0 Å². The first-order chi connectivity index (χ1) is 21.9. The molecule has 4 bridgehead atoms. The Labute approximate surface area is 270 Å². The van der Waals surface area contributed by atoms with E-state index >= 15 is 0 Å². The van der Waals surface area contributed by atoms with Crippen molar-refractivity contribution in [2.45, 2.75) is 58.8 Å². The van der Waals surface area contributed by atoms with Crippen LogP contribution in [0.25, 0.3) is 16.9 Å². The number of rotatable bonds is 3. The summed E-state index contributed by atoms with van der Waals surface area (Å²) in [5.74, 6) is -1.22. The second-order valence-corrected chi connectivity index (χ2v) is 12.7. The first-order valence-electron chi connectivity index (χ1n) is 15.1. The van der Waals surface area contributed by atoms with Crippen LogP contribution in [0, 0.1) is 12.7 Å². The number of nitrogens with one attached hydrogen (secondary N) is 1. The molecule has 2 aromatic heterocycles. The van der Waals surface area contributed by atoms with Gasteiger partial charge < -0.3 is 29.5 Å². The molecule has 2 aliphatic heterocycles. The van der Waals surface area contributed by atoms with E-state index in [9.17, 15) is 19.1 Å². The molecule has 0 saturated carbocycles. The zero-order chi connectivity index (χ0) is 32.7. The van der Waals surface area contributed by atoms with Crippen molar-refractivity contribution in [3.63, 3.8) is 0 Å². The number of carboxylic acid groups (broad SMARTS) is 1. The Bertz CT molecular complexity index is 1840. The van der Waals surface area contributed by atoms with E-state index in [4.69, 9.17) is 25.8 Å². The number of anilines is 1. The normalized spacial score (nSPS) is 16.1. The summed E-state index contributed by atoms with van der Waals surface area (Å²) in [6.45, 7) is 9.12. The fraction of sp³-hybridized carbons (Fsp3) is 0.394. The summed E-state index contributed by atoms with van der Waals surface area (Å²) >= 11 is 7.23. The van der Waals surface area contributed by atoms with Gasteiger partial charge in [-0.3, -0.25) is 4.79 Å². The number of carbonyl (C=O) groups excluding carboxylic acids is 1. The number of aryl methyl sites for hydroxylation is 1. The van der Waals surface area contributed by atoms with Crippen LogP contribution in [0.4, 0.5) is 10.1 Å². The maximum Gasteiger partial charge on any atom is 0.337 e. The van der Waals surface area contributed by atoms with Gasteiger partial charge in [-0.05, 0) is 58.7 Å². The number of amides is 1. The molecule has 6 rings (SSSR count). The van der Waals surface area contributed by atoms with E-state index in [-0.39, 0.29) is 17.8 Å². The Morgan fingerprint density at radius 2 is 1.89 bits per heavy atom. The molecule has 0 radical (unpaired) electrons. The zero-order valence-corrected chi connectivity index (χ0v) is 26.8. The second kappa shape index (κ2) is 12.4. The average Bonchev–Trinajstić information content (AvgIpc) is 3.42. The Morgan fingerprint density at radius 3 is 2.65 bits per heavy atom. The standard InChI is InChI=1S/C33H35ClFN5O6/c1-18-26(30(32(42)43)46-33(2,3)4)28-21-9-10-23-29(27(21)34)39(12-14-45-23)11-5-6-13-44-24-15-20(35)8-7-19(24)17-36-31(41)22-16-25(37-18)40(28)38-22/h7-10,15-16,30H,5-6,11-14,17H2,1-4H3,(H,36,41)(H,42,43)/t30-/m0/s1. The minimum atomic E-state index is -1.43. The highest BCUT2D eigenvalue weighted by atomic mass is 35.5. The van der Waals surface area contributed by atoms with Crippen molar-refractivity contribution >= 4 is 34.8 Å². The third-order valence-corrected chi connectivity index (χ3v) is 8.22. The molecule has 0 saturated heterocycles. The van der Waals surface area contributed by atoms with Crippen molar-refractivity contribution in [1.82, 2.24) is 19.9 Å². The van der Waals surface area contributed by atoms with E-state index in [1.54, 1.807) is 45.9 Å². The van der Waals surface area contributed by atoms with Crippen molar-refractivity contribution in [2.24, 2.45) is 0 Å². The number of aliphatic carboxylic acids is 1. The fourth-order valence-electron chi connectivity index (χ4n) is 5.81. The van der Waals surface area contributed by atoms with Crippen LogP contribution in [-0.4, -0.2) is 63.5 Å². The lowest BCUT2D eigenvalue weighted by Gasteiger charge is -2.33. The number of hydrogen-bond acceptors (Lipinski definition) is 8. The molecule has 0 aliphatic carbocycles. The maximum atomic E-state index is 14.1. The van der Waals surface area contributed by atoms with Gasteiger partial charge in [0, 0.05) is 47.6 Å². The molecule has 11 nitrogen and oxygen atoms in total. The third-order valence-electron chi connectivity index (χ3n) is 7.84. The van der Waals surface area contributed by atoms with Crippen LogP contribution in [-0.2, 0) is 16.1 Å². The molecular formula is C33H35ClFN5O6. The molecule has 2 aromatic carbocycles. The number of ether oxygens (including phenoxy) is 3. The van der Waals surface area contributed by atoms with Gasteiger partial charge >= 0.3 is 5.97 Å². The SMILES string of the molecule is Cc1nc2cc3nn2c(c1[C@H](OC(C)(C)C)C(=O)O)-c1ccc2c(c1Cl)N(CCCCOc1cc(F)ccc1CNC3=O)CCO2. The highest BCUT2D eigenvalue weighted by Crippen LogP contribution is 2.46. The number of fused-ring (bicyclic) bond motifs is 4. The van der Waals surface area contributed by atoms with E-state index in [2.05, 4.69) is 20.3 Å². The van der Waals surface area contributed by atoms with Gasteiger partial charge in [0.15, 0.2) is 17.4 Å². The number of hydrogen-bond donors (Lipinski definition) is 2. The van der Waals surface area contributed by atoms with E-state index in [0.29, 0.717) is 83.1 Å². The van der Waals surface area contributed by atoms with Crippen LogP contribution in [0.15, 0.2) is 36.4 Å². The van der Waals surface area contributed by atoms with Crippen LogP contribution in [0.1, 0.15) is 67.0 Å². The highest BCUT2D eigenvalue weighted by Gasteiger charge is 2.35. The topological polar surface area (TPSA) is 128 Å². The van der Waals surface area contributed by atoms with Crippen molar-refractivity contribution in [2.75, 3.05) is 31.2 Å². The lowest BCUT2D eigenvalue weighted by molar-refractivity contribution is -0.160. The third kappa shape index (κ3) is 6.19. The summed E-state index contributed by atoms with van der Waals surface area (Å²) in [7, 11) is 0. The molecule has 4 aromatic rings. The molecule has 2 N–H and O–H groups in total. The van der Waals surface area contributed by atoms with Crippen molar-refractivity contribution in [3.8, 4) is 22.8 Å². The van der Waals surface area contributed by atoms with E-state index in [0.717, 1.165) is 6.42 Å². The number of carbonyl (C=O) groups is 2. The van der Waals surface area contributed by atoms with E-state index in [1.165, 1.54) is 22.7 Å². The summed E-state index contributed by atoms with van der Waals surface area (Å²) in [5, 5.41) is 18.2. The average molecular weight is 652 g/mol. The number of aromatic nitrogens is 3. The summed E-state index contributed by atoms with van der Waals surface area (Å²) < 4.78 is 33.6. The zero-order valence-electron chi connectivity index (χ0n) is 26.0. The molecular weight excluding hydrogens is 617 g/mol. The molecule has 1 atom stereocenters. The molecule has 0 fully saturated rings. The van der Waals surface area contributed by atoms with Crippen LogP contribution in [0.3, 0.4) is 0 Å². The minimum Gasteiger partial charge on any atom is -0.493 e. The van der Waals surface area contributed by atoms with Crippen LogP contribution in [0.5, 0.6) is 11.5 Å². The lowest BCUT2D eigenvalue weighted by Crippen LogP contribution is -2.34. The largest absolute Gasteiger partial charge is 0.493 e. The Kier molecular flexibility index (Phi) is 8.51. The van der Waals surface area contributed by atoms with Crippen LogP contribution in [0.2, 0.25) is 5.02 Å². The first kappa shape index (κ1) is 31.6. The van der Waals surface area contributed by atoms with Gasteiger partial charge in [-0.1, -0.05) is 17.7 Å². The highest BCUT2D eigenvalue weighted by molar-refractivity contribution is 6.36. The van der Waals surface area contributed by atoms with Gasteiger partial charge in [0.25, 0.3) is 5.91 Å². The van der Waals surface area contributed by atoms with E-state index in [1.807, 2.05) is 0 Å². The Balaban J connectivity index is 1.58. The fourth-order valence-corrected chi connectivity index (χ4v) is 6.17. The molecule has 1 amide bonds. The molecule has 242 valence electrons. The van der Waals surface area contributed by atoms with Gasteiger partial charge in [0.05, 0.1) is 35.2 Å². The molecule has 0 unspecified atom stereocenters. The number of nitrogens with zero attached hydrogens (tertiary/aromatic N) is 4. The summed E-state index contributed by atoms with van der Waals surface area (Å²) in [4.78, 5) is 33.0. The molecule has 0 spiro atoms. The summed E-state index contributed by atoms with van der Waals surface area (Å²) in [5.41, 5.74) is 2.28. The Morgan fingerprint density at radius 1 is 1.11 bits per heavy atom. The molecule has 46 heavy (non-hydrogen) atoms. The van der Waals surface area contributed by atoms with Gasteiger partial charge in [-0.25, -0.2) is 18.7 Å². The first-order valence-corrected chi connectivity index (χ1v) is 15.5. The van der Waals surface area contributed by atoms with Crippen LogP contribution >= 0.6 is 11.6 Å². The van der Waals surface area contributed by atoms with Crippen molar-refractivity contribution in [1.29, 1.82) is 0 Å². The number of halogens is 2. The van der Waals surface area contributed by atoms with Crippen molar-refractivity contribution < 1.29 is 33.3 Å². The van der Waals surface area contributed by atoms with Gasteiger partial charge in [0.1, 0.15) is 23.9 Å². The Hall–Kier alpha value is -4.42. The molecule has 2 aliphatic rings. The van der Waals surface area contributed by atoms with Crippen LogP contribution < -0.4 is 19.7 Å². The lowest BCUT2D eigenvalue weighted by atomic mass is 9.97. The van der Waals surface area contributed by atoms with Gasteiger partial charge in [-0.2, -0.15) is 5.10 Å². The van der Waals surface area contributed by atoms with Gasteiger partial charge in [0.2, 0.25) is 0 Å². The van der Waals surface area contributed by atoms with Crippen molar-refractivity contribution in [3.05, 3.63) is 69.8 Å². The predicted molar refractivity (Wildman–Crippen MR) is 169 cm³/mol. The second-order valence-electron chi connectivity index (χ2n) is 12.3. The maximum absolute atomic E-state index is 14.1. The summed E-state index contributed by atoms with van der Waals surface area (Å²) in [6, 6.07) is 9.29. The smallest absolute Gasteiger partial charge is 0.337 e. The monoisotopic (exact) mass is 651 g/mol. The number of carboxylic acids is 1. The number of benzene rings is 2. The minimum absolute atomic E-state index is 0.0404. The molecule has 4 heterocycles. The molecule has 13 heteroatoms. The van der Waals surface area contributed by atoms with E-state index < -0.39 is 29.4 Å².